The van der Waals surface area contributed by atoms with Crippen LogP contribution in [0.25, 0.3) is 11.3 Å². The first kappa shape index (κ1) is 26.7. The predicted molar refractivity (Wildman–Crippen MR) is 144 cm³/mol. The highest BCUT2D eigenvalue weighted by Gasteiger charge is 2.30. The van der Waals surface area contributed by atoms with Crippen LogP contribution in [0.4, 0.5) is 8.78 Å². The average Bonchev–Trinajstić information content (AvgIpc) is 3.37. The molecule has 0 spiro atoms. The number of aromatic nitrogens is 1. The van der Waals surface area contributed by atoms with Crippen LogP contribution in [0.2, 0.25) is 0 Å². The van der Waals surface area contributed by atoms with Crippen molar-refractivity contribution >= 4 is 5.91 Å². The number of rotatable bonds is 10. The van der Waals surface area contributed by atoms with Gasteiger partial charge in [0.25, 0.3) is 5.91 Å². The normalized spacial score (nSPS) is 13.8. The van der Waals surface area contributed by atoms with Crippen LogP contribution in [0.15, 0.2) is 71.3 Å². The van der Waals surface area contributed by atoms with E-state index in [0.29, 0.717) is 29.9 Å². The third-order valence-corrected chi connectivity index (χ3v) is 7.15. The Morgan fingerprint density at radius 2 is 1.77 bits per heavy atom. The Morgan fingerprint density at radius 3 is 2.56 bits per heavy atom. The molecule has 5 rings (SSSR count). The molecule has 1 aliphatic rings. The first-order chi connectivity index (χ1) is 18.9. The van der Waals surface area contributed by atoms with Gasteiger partial charge in [0.05, 0.1) is 12.1 Å². The number of benzene rings is 3. The van der Waals surface area contributed by atoms with Gasteiger partial charge in [0, 0.05) is 30.3 Å². The van der Waals surface area contributed by atoms with Gasteiger partial charge in [-0.1, -0.05) is 60.6 Å². The van der Waals surface area contributed by atoms with E-state index in [2.05, 4.69) is 34.8 Å². The lowest BCUT2D eigenvalue weighted by atomic mass is 9.89. The number of carbonyl (C=O) groups excluding carboxylic acids is 1. The van der Waals surface area contributed by atoms with Gasteiger partial charge in [-0.25, -0.2) is 8.78 Å². The van der Waals surface area contributed by atoms with Crippen molar-refractivity contribution in [3.63, 3.8) is 0 Å². The molecule has 4 aromatic rings. The van der Waals surface area contributed by atoms with Crippen molar-refractivity contribution in [2.45, 2.75) is 51.3 Å². The van der Waals surface area contributed by atoms with Gasteiger partial charge in [-0.2, -0.15) is 0 Å². The number of aryl methyl sites for hydroxylation is 2. The Labute approximate surface area is 226 Å². The Bertz CT molecular complexity index is 1450. The highest BCUT2D eigenvalue weighted by molar-refractivity contribution is 5.95. The molecule has 0 fully saturated rings. The number of hydrogen-bond donors (Lipinski definition) is 3. The maximum Gasteiger partial charge on any atom is 0.274 e. The summed E-state index contributed by atoms with van der Waals surface area (Å²) >= 11 is 0. The number of aliphatic hydroxyl groups excluding tert-OH is 1. The number of carbonyl (C=O) groups is 1. The largest absolute Gasteiger partial charge is 0.390 e. The minimum absolute atomic E-state index is 0.0253. The maximum absolute atomic E-state index is 13.9. The first-order valence-electron chi connectivity index (χ1n) is 13.2. The van der Waals surface area contributed by atoms with Gasteiger partial charge in [-0.05, 0) is 60.1 Å². The molecule has 0 radical (unpaired) electrons. The second-order valence-corrected chi connectivity index (χ2v) is 9.93. The number of aliphatic hydroxyl groups is 1. The zero-order valence-corrected chi connectivity index (χ0v) is 21.7. The van der Waals surface area contributed by atoms with Crippen molar-refractivity contribution < 1.29 is 23.2 Å². The quantitative estimate of drug-likeness (QED) is 0.274. The molecule has 39 heavy (non-hydrogen) atoms. The number of halogens is 2. The molecule has 1 aliphatic carbocycles. The van der Waals surface area contributed by atoms with Crippen LogP contribution in [0.3, 0.4) is 0 Å². The first-order valence-corrected chi connectivity index (χ1v) is 13.2. The molecule has 0 bridgehead atoms. The van der Waals surface area contributed by atoms with E-state index < -0.39 is 29.7 Å². The third-order valence-electron chi connectivity index (χ3n) is 7.15. The van der Waals surface area contributed by atoms with Gasteiger partial charge in [-0.3, -0.25) is 4.79 Å². The van der Waals surface area contributed by atoms with Gasteiger partial charge in [0.1, 0.15) is 11.6 Å². The van der Waals surface area contributed by atoms with Crippen LogP contribution >= 0.6 is 0 Å². The monoisotopic (exact) mass is 531 g/mol. The van der Waals surface area contributed by atoms with E-state index in [1.807, 2.05) is 36.4 Å². The Kier molecular flexibility index (Phi) is 8.14. The molecule has 0 aliphatic heterocycles. The predicted octanol–water partition coefficient (Wildman–Crippen LogP) is 4.77. The summed E-state index contributed by atoms with van der Waals surface area (Å²) < 4.78 is 33.4. The maximum atomic E-state index is 13.9. The van der Waals surface area contributed by atoms with Gasteiger partial charge in [-0.15, -0.1) is 0 Å². The standard InChI is InChI=1S/C31H31F2N3O3/c1-2-19-6-5-7-20(12-19)17-34-18-28(37)27(15-21-13-23(32)16-24(33)14-21)35-31(38)29-26-11-10-22-8-3-4-9-25(22)30(26)39-36-29/h3-9,12-14,16,27-28,34,37H,2,10-11,15,17-18H2,1H3,(H,35,38). The summed E-state index contributed by atoms with van der Waals surface area (Å²) in [5.41, 5.74) is 5.52. The number of nitrogens with zero attached hydrogens (tertiary/aromatic N) is 1. The highest BCUT2D eigenvalue weighted by atomic mass is 19.1. The Balaban J connectivity index is 1.33. The zero-order valence-electron chi connectivity index (χ0n) is 21.7. The molecule has 6 nitrogen and oxygen atoms in total. The summed E-state index contributed by atoms with van der Waals surface area (Å²) in [5, 5.41) is 21.2. The molecule has 202 valence electrons. The zero-order chi connectivity index (χ0) is 27.4. The van der Waals surface area contributed by atoms with Crippen LogP contribution < -0.4 is 10.6 Å². The minimum Gasteiger partial charge on any atom is -0.390 e. The molecule has 1 heterocycles. The minimum atomic E-state index is -1.04. The van der Waals surface area contributed by atoms with E-state index in [1.165, 1.54) is 17.7 Å². The summed E-state index contributed by atoms with van der Waals surface area (Å²) in [6.45, 7) is 2.77. The van der Waals surface area contributed by atoms with E-state index in [1.54, 1.807) is 0 Å². The summed E-state index contributed by atoms with van der Waals surface area (Å²) in [6.07, 6.45) is 1.25. The van der Waals surface area contributed by atoms with E-state index in [9.17, 15) is 18.7 Å². The van der Waals surface area contributed by atoms with Crippen molar-refractivity contribution in [3.8, 4) is 11.3 Å². The number of fused-ring (bicyclic) bond motifs is 3. The second kappa shape index (κ2) is 11.9. The van der Waals surface area contributed by atoms with Crippen LogP contribution in [0, 0.1) is 11.6 Å². The van der Waals surface area contributed by atoms with Gasteiger partial charge in [0.15, 0.2) is 11.5 Å². The Morgan fingerprint density at radius 1 is 1.00 bits per heavy atom. The lowest BCUT2D eigenvalue weighted by Gasteiger charge is -2.25. The van der Waals surface area contributed by atoms with E-state index in [0.717, 1.165) is 35.6 Å². The van der Waals surface area contributed by atoms with Crippen LogP contribution in [0.5, 0.6) is 0 Å². The molecular weight excluding hydrogens is 500 g/mol. The fourth-order valence-corrected chi connectivity index (χ4v) is 5.12. The Hall–Kier alpha value is -3.88. The summed E-state index contributed by atoms with van der Waals surface area (Å²) in [5.74, 6) is -1.37. The molecule has 2 atom stereocenters. The van der Waals surface area contributed by atoms with Crippen molar-refractivity contribution in [1.82, 2.24) is 15.8 Å². The van der Waals surface area contributed by atoms with Gasteiger partial charge >= 0.3 is 0 Å². The summed E-state index contributed by atoms with van der Waals surface area (Å²) in [4.78, 5) is 13.4. The van der Waals surface area contributed by atoms with Gasteiger partial charge < -0.3 is 20.3 Å². The number of nitrogens with one attached hydrogen (secondary N) is 2. The lowest BCUT2D eigenvalue weighted by Crippen LogP contribution is -2.49. The molecule has 3 N–H and O–H groups in total. The second-order valence-electron chi connectivity index (χ2n) is 9.93. The molecule has 0 saturated heterocycles. The fraction of sp³-hybridized carbons (Fsp3) is 0.290. The summed E-state index contributed by atoms with van der Waals surface area (Å²) in [6, 6.07) is 18.3. The fourth-order valence-electron chi connectivity index (χ4n) is 5.12. The van der Waals surface area contributed by atoms with E-state index in [-0.39, 0.29) is 18.7 Å². The lowest BCUT2D eigenvalue weighted by molar-refractivity contribution is 0.0821. The number of amides is 1. The van der Waals surface area contributed by atoms with Crippen LogP contribution in [-0.4, -0.2) is 34.9 Å². The van der Waals surface area contributed by atoms with E-state index >= 15 is 0 Å². The molecule has 2 unspecified atom stereocenters. The number of hydrogen-bond acceptors (Lipinski definition) is 5. The SMILES string of the molecule is CCc1cccc(CNCC(O)C(Cc2cc(F)cc(F)c2)NC(=O)c2noc3c2CCc2ccccc2-3)c1. The molecule has 8 heteroatoms. The van der Waals surface area contributed by atoms with Crippen molar-refractivity contribution in [2.24, 2.45) is 0 Å². The topological polar surface area (TPSA) is 87.4 Å². The van der Waals surface area contributed by atoms with E-state index in [4.69, 9.17) is 4.52 Å². The van der Waals surface area contributed by atoms with Gasteiger partial charge in [0.2, 0.25) is 0 Å². The molecule has 3 aromatic carbocycles. The van der Waals surface area contributed by atoms with Crippen molar-refractivity contribution in [2.75, 3.05) is 6.54 Å². The van der Waals surface area contributed by atoms with Crippen LogP contribution in [-0.2, 0) is 32.2 Å². The molecule has 1 amide bonds. The summed E-state index contributed by atoms with van der Waals surface area (Å²) in [7, 11) is 0. The van der Waals surface area contributed by atoms with Crippen molar-refractivity contribution in [1.29, 1.82) is 0 Å². The molecule has 0 saturated carbocycles. The highest BCUT2D eigenvalue weighted by Crippen LogP contribution is 2.35. The average molecular weight is 532 g/mol. The third kappa shape index (κ3) is 6.24. The smallest absolute Gasteiger partial charge is 0.274 e. The van der Waals surface area contributed by atoms with Crippen molar-refractivity contribution in [3.05, 3.63) is 112 Å². The van der Waals surface area contributed by atoms with Crippen LogP contribution in [0.1, 0.15) is 45.2 Å². The molecular formula is C31H31F2N3O3. The molecule has 1 aromatic heterocycles.